The van der Waals surface area contributed by atoms with Gasteiger partial charge in [0.15, 0.2) is 0 Å². The number of benzene rings is 2. The number of nitrogens with two attached hydrogens (primary N) is 1. The summed E-state index contributed by atoms with van der Waals surface area (Å²) in [6.07, 6.45) is 1.47. The molecule has 4 saturated heterocycles. The second-order valence-corrected chi connectivity index (χ2v) is 35.4. The normalized spacial score (nSPS) is 26.8. The van der Waals surface area contributed by atoms with Crippen LogP contribution in [0.5, 0.6) is 0 Å². The molecule has 40 nitrogen and oxygen atoms in total. The molecule has 0 unspecified atom stereocenters. The molecule has 42 heteroatoms. The van der Waals surface area contributed by atoms with Crippen molar-refractivity contribution in [3.05, 3.63) is 90.3 Å². The van der Waals surface area contributed by atoms with Gasteiger partial charge < -0.3 is 115 Å². The highest BCUT2D eigenvalue weighted by atomic mass is 33.1. The van der Waals surface area contributed by atoms with E-state index in [0.717, 1.165) is 31.4 Å². The average molecular weight is 1750 g/mol. The Morgan fingerprint density at radius 1 is 0.537 bits per heavy atom. The highest BCUT2D eigenvalue weighted by molar-refractivity contribution is 8.76. The molecule has 5 aromatic rings. The number of aliphatic hydroxyl groups excluding tert-OH is 1. The van der Waals surface area contributed by atoms with E-state index in [1.54, 1.807) is 102 Å². The van der Waals surface area contributed by atoms with E-state index in [9.17, 15) is 67.7 Å². The van der Waals surface area contributed by atoms with Crippen LogP contribution >= 0.6 is 21.6 Å². The van der Waals surface area contributed by atoms with Crippen molar-refractivity contribution in [2.24, 2.45) is 23.5 Å². The molecule has 2 aromatic carbocycles. The minimum absolute atomic E-state index is 0.0190. The van der Waals surface area contributed by atoms with Crippen LogP contribution in [0.1, 0.15) is 124 Å². The Bertz CT molecular complexity index is 4690. The number of rotatable bonds is 17. The van der Waals surface area contributed by atoms with Gasteiger partial charge in [-0.15, -0.1) is 0 Å². The van der Waals surface area contributed by atoms with Gasteiger partial charge in [0, 0.05) is 117 Å². The van der Waals surface area contributed by atoms with E-state index in [1.807, 2.05) is 0 Å². The lowest BCUT2D eigenvalue weighted by Gasteiger charge is -2.34. The molecule has 9 rings (SSSR count). The summed E-state index contributed by atoms with van der Waals surface area (Å²) in [4.78, 5) is 266. The molecule has 2 bridgehead atoms. The molecule has 20 N–H and O–H groups in total. The summed E-state index contributed by atoms with van der Waals surface area (Å²) >= 11 is 0. The Labute approximate surface area is 717 Å². The fraction of sp³-hybridized carbons (Fsp3) is 0.556. The van der Waals surface area contributed by atoms with E-state index >= 15 is 24.0 Å². The van der Waals surface area contributed by atoms with Crippen molar-refractivity contribution < 1.29 is 91.7 Å². The van der Waals surface area contributed by atoms with Gasteiger partial charge in [-0.1, -0.05) is 99.5 Å². The lowest BCUT2D eigenvalue weighted by atomic mass is 9.98. The van der Waals surface area contributed by atoms with Crippen LogP contribution in [0.25, 0.3) is 21.8 Å². The van der Waals surface area contributed by atoms with Gasteiger partial charge in [0.05, 0.1) is 25.4 Å². The summed E-state index contributed by atoms with van der Waals surface area (Å²) in [5, 5.41) is 57.2. The first-order chi connectivity index (χ1) is 58.3. The Balaban J connectivity index is 1.14. The summed E-state index contributed by atoms with van der Waals surface area (Å²) in [5.74, 6) is -19.4. The summed E-state index contributed by atoms with van der Waals surface area (Å²) < 4.78 is 0. The van der Waals surface area contributed by atoms with Crippen LogP contribution in [-0.4, -0.2) is 287 Å². The number of para-hydroxylation sites is 2. The van der Waals surface area contributed by atoms with Crippen LogP contribution in [0.4, 0.5) is 0 Å². The molecule has 3 aromatic heterocycles. The number of imidazole rings is 1. The molecule has 0 spiro atoms. The van der Waals surface area contributed by atoms with Gasteiger partial charge in [-0.05, 0) is 93.4 Å². The zero-order valence-corrected chi connectivity index (χ0v) is 71.9. The predicted octanol–water partition coefficient (Wildman–Crippen LogP) is -2.85. The number of fused-ring (bicyclic) bond motifs is 9. The summed E-state index contributed by atoms with van der Waals surface area (Å²) in [6.45, 7) is 11.5. The minimum atomic E-state index is -1.99. The van der Waals surface area contributed by atoms with E-state index in [0.29, 0.717) is 38.6 Å². The molecule has 16 atom stereocenters. The number of carboxylic acid groups (broad SMARTS) is 1. The van der Waals surface area contributed by atoms with E-state index in [2.05, 4.69) is 89.1 Å². The molecular formula is C81H113N21O19S2. The lowest BCUT2D eigenvalue weighted by Crippen LogP contribution is -2.63. The van der Waals surface area contributed by atoms with Gasteiger partial charge in [-0.25, -0.2) is 4.98 Å². The number of carbonyl (C=O) groups excluding carboxylic acids is 16. The molecule has 123 heavy (non-hydrogen) atoms. The van der Waals surface area contributed by atoms with Crippen LogP contribution in [0.2, 0.25) is 0 Å². The molecule has 4 fully saturated rings. The molecule has 0 radical (unpaired) electrons. The SMILES string of the molecule is CC(C)C[C@@H]1NC(=O)[C@H](Cc2cnc[nH]2)NC(=O)[C@H](Cc2c[nH]c3ccccc23)NC(=O)[C@H](C)NC(=O)[C@@H]2CSSC[C@H](NC(=O)[C@H](Cc3c[nH]c4ccccc34)NC(=O)[C@H](C(C)C)NC(=O)[C@H](CC(C)C)NC(=O)[C@H](CCC(=O)N(C)C)NC(=O)CNC1=O)C(=O)N[C@@H]([C@@H](C)O)C(=O)N1CCC[C@@H]1C(=O)N1C[C@@H](N)C[C@H]1C(=O)N[C@@H](CC(=O)O)C(=O)N2. The van der Waals surface area contributed by atoms with Gasteiger partial charge in [-0.2, -0.15) is 0 Å². The van der Waals surface area contributed by atoms with Gasteiger partial charge >= 0.3 is 5.97 Å². The number of hydrogen-bond acceptors (Lipinski definition) is 22. The largest absolute Gasteiger partial charge is 0.481 e. The Morgan fingerprint density at radius 3 is 1.58 bits per heavy atom. The zero-order chi connectivity index (χ0) is 89.8. The van der Waals surface area contributed by atoms with Gasteiger partial charge in [0.25, 0.3) is 0 Å². The monoisotopic (exact) mass is 1750 g/mol. The van der Waals surface area contributed by atoms with Crippen molar-refractivity contribution in [3.8, 4) is 0 Å². The number of aromatic amines is 3. The van der Waals surface area contributed by atoms with E-state index in [1.165, 1.54) is 45.4 Å². The highest BCUT2D eigenvalue weighted by Gasteiger charge is 2.48. The van der Waals surface area contributed by atoms with Gasteiger partial charge in [0.2, 0.25) is 94.5 Å². The molecular weight excluding hydrogens is 1640 g/mol. The molecule has 4 aliphatic rings. The molecule has 4 aliphatic heterocycles. The fourth-order valence-electron chi connectivity index (χ4n) is 15.0. The maximum Gasteiger partial charge on any atom is 0.305 e. The number of nitrogens with zero attached hydrogens (tertiary/aromatic N) is 4. The number of hydrogen-bond donors (Lipinski definition) is 19. The zero-order valence-electron chi connectivity index (χ0n) is 70.2. The van der Waals surface area contributed by atoms with Crippen molar-refractivity contribution in [1.82, 2.24) is 104 Å². The lowest BCUT2D eigenvalue weighted by molar-refractivity contribution is -0.149. The number of aliphatic hydroxyl groups is 1. The minimum Gasteiger partial charge on any atom is -0.481 e. The first-order valence-corrected chi connectivity index (χ1v) is 43.5. The first kappa shape index (κ1) is 95.2. The molecule has 0 aliphatic carbocycles. The number of aliphatic carboxylic acids is 1. The number of carbonyl (C=O) groups is 17. The predicted molar refractivity (Wildman–Crippen MR) is 452 cm³/mol. The number of H-pyrrole nitrogens is 3. The number of carboxylic acids is 1. The molecule has 7 heterocycles. The third kappa shape index (κ3) is 26.2. The quantitative estimate of drug-likeness (QED) is 0.0417. The van der Waals surface area contributed by atoms with Crippen LogP contribution in [0, 0.1) is 17.8 Å². The number of nitrogens with one attached hydrogen (secondary N) is 16. The molecule has 668 valence electrons. The average Bonchev–Trinajstić information content (AvgIpc) is 1.65. The van der Waals surface area contributed by atoms with Crippen molar-refractivity contribution in [3.63, 3.8) is 0 Å². The Morgan fingerprint density at radius 2 is 1.03 bits per heavy atom. The number of amides is 16. The van der Waals surface area contributed by atoms with E-state index in [4.69, 9.17) is 5.73 Å². The first-order valence-electron chi connectivity index (χ1n) is 41.0. The van der Waals surface area contributed by atoms with Crippen molar-refractivity contribution in [1.29, 1.82) is 0 Å². The summed E-state index contributed by atoms with van der Waals surface area (Å²) in [7, 11) is 4.53. The third-order valence-corrected chi connectivity index (χ3v) is 24.0. The standard InChI is InChI=1S/C81H113N21O19S2/c1-39(2)24-53-69(109)86-34-63(104)89-52(21-22-64(105)100(9)10)70(110)92-54(25-40(3)4)75(115)98-66(41(5)6)79(119)95-56(27-45-32-85-51-19-14-12-17-49(45)51)72(112)97-60-37-123-122-36-59(76(116)88-42(7)68(108)90-55(26-44-31-84-50-18-13-11-16-48(44)50)71(111)93-57(73(113)91-53)29-47-33-83-38-87-47)96-74(114)58(30-65(106)107)94-78(118)62-28-46(82)35-102(62)80(120)61-20-15-23-101(61)81(121)67(43(8)103)99-77(60)117/h11-14,16-19,31-33,38-43,46,52-62,66-67,84-85,103H,15,20-30,34-37,82H2,1-10H3,(H,83,87)(H,86,109)(H,88,116)(H,89,104)(H,90,108)(H,91,113)(H,92,110)(H,93,111)(H,94,118)(H,95,119)(H,96,114)(H,97,112)(H,98,115)(H,99,117)(H,106,107)/t42-,43+,46-,52-,53-,54-,55-,56-,57-,58-,59-,60-,61+,62-,66-,67-/m0/s1. The second-order valence-electron chi connectivity index (χ2n) is 32.9. The topological polar surface area (TPSA) is 583 Å². The number of aromatic nitrogens is 4. The Hall–Kier alpha value is -11.7. The van der Waals surface area contributed by atoms with E-state index in [-0.39, 0.29) is 89.1 Å². The maximum atomic E-state index is 15.6. The van der Waals surface area contributed by atoms with Gasteiger partial charge in [-0.3, -0.25) is 81.5 Å². The van der Waals surface area contributed by atoms with Crippen molar-refractivity contribution in [2.75, 3.05) is 45.2 Å². The van der Waals surface area contributed by atoms with Crippen LogP contribution in [0.3, 0.4) is 0 Å². The molecule has 16 amide bonds. The Kier molecular flexibility index (Phi) is 34.0. The van der Waals surface area contributed by atoms with Crippen LogP contribution in [-0.2, 0) is 101 Å². The smallest absolute Gasteiger partial charge is 0.305 e. The highest BCUT2D eigenvalue weighted by Crippen LogP contribution is 2.29. The molecule has 0 saturated carbocycles. The third-order valence-electron chi connectivity index (χ3n) is 21.6. The van der Waals surface area contributed by atoms with Crippen molar-refractivity contribution >= 4 is 144 Å². The summed E-state index contributed by atoms with van der Waals surface area (Å²) in [6, 6.07) is -9.49. The fourth-order valence-corrected chi connectivity index (χ4v) is 17.3. The van der Waals surface area contributed by atoms with Gasteiger partial charge in [0.1, 0.15) is 84.6 Å². The van der Waals surface area contributed by atoms with E-state index < -0.39 is 228 Å². The summed E-state index contributed by atoms with van der Waals surface area (Å²) in [5.41, 5.74) is 8.96. The van der Waals surface area contributed by atoms with Crippen LogP contribution < -0.4 is 74.9 Å². The van der Waals surface area contributed by atoms with Crippen LogP contribution in [0.15, 0.2) is 73.4 Å². The maximum absolute atomic E-state index is 15.6. The second kappa shape index (κ2) is 43.9. The van der Waals surface area contributed by atoms with Crippen molar-refractivity contribution in [2.45, 2.75) is 223 Å².